The Bertz CT molecular complexity index is 909. The first-order chi connectivity index (χ1) is 13.4. The molecule has 1 amide bonds. The first-order valence-electron chi connectivity index (χ1n) is 8.85. The zero-order valence-corrected chi connectivity index (χ0v) is 16.4. The van der Waals surface area contributed by atoms with E-state index >= 15 is 0 Å². The van der Waals surface area contributed by atoms with Gasteiger partial charge in [-0.3, -0.25) is 4.79 Å². The molecule has 4 rings (SSSR count). The normalized spacial score (nSPS) is 18.6. The summed E-state index contributed by atoms with van der Waals surface area (Å²) in [4.78, 5) is 18.8. The smallest absolute Gasteiger partial charge is 0.280 e. The maximum Gasteiger partial charge on any atom is 0.280 e. The van der Waals surface area contributed by atoms with Crippen LogP contribution in [0.1, 0.15) is 23.2 Å². The van der Waals surface area contributed by atoms with Crippen LogP contribution in [-0.4, -0.2) is 35.8 Å². The number of alkyl halides is 2. The fraction of sp³-hybridized carbons (Fsp3) is 0.263. The number of piperidine rings is 1. The van der Waals surface area contributed by atoms with Crippen molar-refractivity contribution in [2.24, 2.45) is 4.99 Å². The van der Waals surface area contributed by atoms with E-state index < -0.39 is 11.8 Å². The SMILES string of the molecule is O=C(/N=C(/N1CCC(F)(F)CC1)N1NNc2ccccc21)c1ccc(Br)cc1. The molecule has 6 nitrogen and oxygen atoms in total. The highest BCUT2D eigenvalue weighted by Gasteiger charge is 2.37. The van der Waals surface area contributed by atoms with E-state index in [2.05, 4.69) is 31.9 Å². The molecule has 2 N–H and O–H groups in total. The Kier molecular flexibility index (Phi) is 5.03. The molecule has 2 aliphatic rings. The Morgan fingerprint density at radius 1 is 1.07 bits per heavy atom. The molecule has 146 valence electrons. The van der Waals surface area contributed by atoms with Gasteiger partial charge in [0.1, 0.15) is 0 Å². The minimum absolute atomic E-state index is 0.111. The van der Waals surface area contributed by atoms with Gasteiger partial charge in [0, 0.05) is 36.0 Å². The van der Waals surface area contributed by atoms with Crippen LogP contribution in [0.2, 0.25) is 0 Å². The summed E-state index contributed by atoms with van der Waals surface area (Å²) in [5.41, 5.74) is 7.98. The Labute approximate surface area is 169 Å². The maximum absolute atomic E-state index is 13.6. The lowest BCUT2D eigenvalue weighted by Gasteiger charge is -2.36. The second kappa shape index (κ2) is 7.48. The number of amides is 1. The number of guanidine groups is 1. The first kappa shape index (κ1) is 18.8. The Balaban J connectivity index is 1.68. The van der Waals surface area contributed by atoms with Gasteiger partial charge in [0.25, 0.3) is 11.8 Å². The van der Waals surface area contributed by atoms with E-state index in [0.29, 0.717) is 11.5 Å². The number of benzene rings is 2. The van der Waals surface area contributed by atoms with Crippen molar-refractivity contribution in [1.29, 1.82) is 0 Å². The van der Waals surface area contributed by atoms with Gasteiger partial charge < -0.3 is 10.3 Å². The van der Waals surface area contributed by atoms with Crippen LogP contribution < -0.4 is 16.0 Å². The van der Waals surface area contributed by atoms with Crippen LogP contribution in [0, 0.1) is 0 Å². The van der Waals surface area contributed by atoms with Crippen LogP contribution >= 0.6 is 15.9 Å². The van der Waals surface area contributed by atoms with Gasteiger partial charge >= 0.3 is 0 Å². The van der Waals surface area contributed by atoms with Gasteiger partial charge in [-0.1, -0.05) is 28.1 Å². The van der Waals surface area contributed by atoms with E-state index in [9.17, 15) is 13.6 Å². The number of rotatable bonds is 1. The highest BCUT2D eigenvalue weighted by atomic mass is 79.9. The maximum atomic E-state index is 13.6. The van der Waals surface area contributed by atoms with Gasteiger partial charge in [0.2, 0.25) is 5.96 Å². The molecule has 2 aromatic rings. The van der Waals surface area contributed by atoms with Crippen LogP contribution in [0.3, 0.4) is 0 Å². The van der Waals surface area contributed by atoms with Crippen molar-refractivity contribution in [1.82, 2.24) is 10.4 Å². The van der Waals surface area contributed by atoms with E-state index in [1.54, 1.807) is 34.2 Å². The van der Waals surface area contributed by atoms with Crippen molar-refractivity contribution in [2.75, 3.05) is 23.5 Å². The molecule has 2 heterocycles. The standard InChI is InChI=1S/C19H18BrF2N5O/c20-14-7-5-13(6-8-14)17(28)23-18(26-11-9-19(21,22)10-12-26)27-16-4-2-1-3-15(16)24-25-27/h1-8,24-25H,9-12H2/b23-18-. The number of likely N-dealkylation sites (tertiary alicyclic amines) is 1. The molecule has 0 radical (unpaired) electrons. The average molecular weight is 450 g/mol. The van der Waals surface area contributed by atoms with Crippen LogP contribution in [0.15, 0.2) is 58.0 Å². The predicted octanol–water partition coefficient (Wildman–Crippen LogP) is 4.03. The second-order valence-electron chi connectivity index (χ2n) is 6.66. The zero-order chi connectivity index (χ0) is 19.7. The number of hydrogen-bond acceptors (Lipinski definition) is 3. The summed E-state index contributed by atoms with van der Waals surface area (Å²) in [6, 6.07) is 14.3. The number of halogens is 3. The number of carbonyl (C=O) groups excluding carboxylic acids is 1. The van der Waals surface area contributed by atoms with Crippen molar-refractivity contribution >= 4 is 39.2 Å². The van der Waals surface area contributed by atoms with Crippen LogP contribution in [-0.2, 0) is 0 Å². The van der Waals surface area contributed by atoms with Crippen LogP contribution in [0.4, 0.5) is 20.2 Å². The summed E-state index contributed by atoms with van der Waals surface area (Å²) in [6.45, 7) is 0.222. The van der Waals surface area contributed by atoms with Crippen molar-refractivity contribution in [3.63, 3.8) is 0 Å². The van der Waals surface area contributed by atoms with Crippen molar-refractivity contribution in [2.45, 2.75) is 18.8 Å². The summed E-state index contributed by atoms with van der Waals surface area (Å²) in [5.74, 6) is -2.83. The highest BCUT2D eigenvalue weighted by Crippen LogP contribution is 2.32. The molecule has 0 atom stereocenters. The van der Waals surface area contributed by atoms with Gasteiger partial charge in [0.05, 0.1) is 11.4 Å². The number of para-hydroxylation sites is 2. The predicted molar refractivity (Wildman–Crippen MR) is 107 cm³/mol. The van der Waals surface area contributed by atoms with Gasteiger partial charge in [-0.25, -0.2) is 13.8 Å². The second-order valence-corrected chi connectivity index (χ2v) is 7.57. The minimum atomic E-state index is -2.69. The molecule has 28 heavy (non-hydrogen) atoms. The summed E-state index contributed by atoms with van der Waals surface area (Å²) in [7, 11) is 0. The van der Waals surface area contributed by atoms with Crippen LogP contribution in [0.25, 0.3) is 0 Å². The quantitative estimate of drug-likeness (QED) is 0.508. The molecule has 0 aromatic heterocycles. The number of fused-ring (bicyclic) bond motifs is 1. The molecule has 0 unspecified atom stereocenters. The number of nitrogens with one attached hydrogen (secondary N) is 2. The van der Waals surface area contributed by atoms with E-state index in [0.717, 1.165) is 15.8 Å². The van der Waals surface area contributed by atoms with E-state index in [1.807, 2.05) is 24.3 Å². The summed E-state index contributed by atoms with van der Waals surface area (Å²) < 4.78 is 28.1. The Morgan fingerprint density at radius 2 is 1.75 bits per heavy atom. The molecule has 0 saturated carbocycles. The highest BCUT2D eigenvalue weighted by molar-refractivity contribution is 9.10. The molecule has 1 saturated heterocycles. The van der Waals surface area contributed by atoms with Crippen molar-refractivity contribution in [3.05, 3.63) is 58.6 Å². The fourth-order valence-corrected chi connectivity index (χ4v) is 3.42. The van der Waals surface area contributed by atoms with Gasteiger partial charge in [-0.15, -0.1) is 5.53 Å². The largest absolute Gasteiger partial charge is 0.341 e. The van der Waals surface area contributed by atoms with Gasteiger partial charge in [-0.2, -0.15) is 4.99 Å². The molecular weight excluding hydrogens is 432 g/mol. The van der Waals surface area contributed by atoms with Crippen molar-refractivity contribution in [3.8, 4) is 0 Å². The summed E-state index contributed by atoms with van der Waals surface area (Å²) in [5, 5.41) is 1.62. The molecule has 0 spiro atoms. The number of carbonyl (C=O) groups is 1. The Hall–Kier alpha value is -2.52. The third kappa shape index (κ3) is 3.85. The number of nitrogens with zero attached hydrogens (tertiary/aromatic N) is 3. The molecule has 9 heteroatoms. The third-order valence-corrected chi connectivity index (χ3v) is 5.25. The molecule has 1 fully saturated rings. The number of hydrogen-bond donors (Lipinski definition) is 2. The lowest BCUT2D eigenvalue weighted by atomic mass is 10.1. The van der Waals surface area contributed by atoms with E-state index in [1.165, 1.54) is 0 Å². The topological polar surface area (TPSA) is 60.0 Å². The molecule has 2 aromatic carbocycles. The minimum Gasteiger partial charge on any atom is -0.341 e. The lowest BCUT2D eigenvalue weighted by molar-refractivity contribution is -0.0437. The Morgan fingerprint density at radius 3 is 2.46 bits per heavy atom. The number of hydrazine groups is 2. The monoisotopic (exact) mass is 449 g/mol. The van der Waals surface area contributed by atoms with Crippen molar-refractivity contribution < 1.29 is 13.6 Å². The summed E-state index contributed by atoms with van der Waals surface area (Å²) in [6.07, 6.45) is -0.553. The number of aliphatic imine (C=N–C) groups is 1. The first-order valence-corrected chi connectivity index (χ1v) is 9.64. The molecule has 0 aliphatic carbocycles. The molecule has 2 aliphatic heterocycles. The average Bonchev–Trinajstić information content (AvgIpc) is 3.11. The lowest BCUT2D eigenvalue weighted by Crippen LogP contribution is -2.54. The van der Waals surface area contributed by atoms with E-state index in [4.69, 9.17) is 0 Å². The number of anilines is 2. The van der Waals surface area contributed by atoms with Crippen LogP contribution in [0.5, 0.6) is 0 Å². The van der Waals surface area contributed by atoms with Gasteiger partial charge in [0.15, 0.2) is 0 Å². The third-order valence-electron chi connectivity index (χ3n) is 4.72. The zero-order valence-electron chi connectivity index (χ0n) is 14.8. The van der Waals surface area contributed by atoms with E-state index in [-0.39, 0.29) is 25.9 Å². The fourth-order valence-electron chi connectivity index (χ4n) is 3.15. The summed E-state index contributed by atoms with van der Waals surface area (Å²) >= 11 is 3.34. The molecular formula is C19H18BrF2N5O. The molecule has 0 bridgehead atoms. The van der Waals surface area contributed by atoms with Gasteiger partial charge in [-0.05, 0) is 36.4 Å².